The second-order valence-corrected chi connectivity index (χ2v) is 3.42. The molecular weight excluding hydrogens is 204 g/mol. The zero-order valence-corrected chi connectivity index (χ0v) is 9.82. The van der Waals surface area contributed by atoms with Crippen molar-refractivity contribution in [1.82, 2.24) is 0 Å². The molecule has 86 valence electrons. The normalized spacial score (nSPS) is 11.1. The van der Waals surface area contributed by atoms with Crippen LogP contribution in [0, 0.1) is 6.92 Å². The van der Waals surface area contributed by atoms with Crippen molar-refractivity contribution in [3.63, 3.8) is 0 Å². The highest BCUT2D eigenvalue weighted by Crippen LogP contribution is 2.14. The van der Waals surface area contributed by atoms with Gasteiger partial charge in [-0.1, -0.05) is 17.7 Å². The van der Waals surface area contributed by atoms with Gasteiger partial charge in [0, 0.05) is 0 Å². The summed E-state index contributed by atoms with van der Waals surface area (Å²) in [4.78, 5) is 11.1. The Balaban J connectivity index is 2.60. The predicted octanol–water partition coefficient (Wildman–Crippen LogP) is 2.84. The number of aryl methyl sites for hydroxylation is 1. The quantitative estimate of drug-likeness (QED) is 0.444. The van der Waals surface area contributed by atoms with Gasteiger partial charge in [-0.15, -0.1) is 0 Å². The van der Waals surface area contributed by atoms with Gasteiger partial charge in [-0.25, -0.2) is 4.79 Å². The number of hydrogen-bond acceptors (Lipinski definition) is 3. The molecule has 1 rings (SSSR count). The van der Waals surface area contributed by atoms with Gasteiger partial charge in [-0.3, -0.25) is 0 Å². The molecule has 0 spiro atoms. The average Bonchev–Trinajstić information content (AvgIpc) is 2.21. The maximum atomic E-state index is 11.1. The SMILES string of the molecule is CCOC(=O)/C=C(\C)Oc1ccc(C)cc1. The molecule has 0 fully saturated rings. The number of ether oxygens (including phenoxy) is 2. The van der Waals surface area contributed by atoms with Gasteiger partial charge in [0.1, 0.15) is 11.5 Å². The predicted molar refractivity (Wildman–Crippen MR) is 62.2 cm³/mol. The van der Waals surface area contributed by atoms with Crippen molar-refractivity contribution in [1.29, 1.82) is 0 Å². The number of rotatable bonds is 4. The zero-order chi connectivity index (χ0) is 12.0. The lowest BCUT2D eigenvalue weighted by molar-refractivity contribution is -0.137. The number of benzene rings is 1. The van der Waals surface area contributed by atoms with Gasteiger partial charge in [0.15, 0.2) is 0 Å². The second-order valence-electron chi connectivity index (χ2n) is 3.42. The van der Waals surface area contributed by atoms with Crippen LogP contribution in [0.2, 0.25) is 0 Å². The highest BCUT2D eigenvalue weighted by Gasteiger charge is 2.00. The summed E-state index contributed by atoms with van der Waals surface area (Å²) >= 11 is 0. The summed E-state index contributed by atoms with van der Waals surface area (Å²) in [7, 11) is 0. The molecule has 0 saturated heterocycles. The highest BCUT2D eigenvalue weighted by atomic mass is 16.5. The molecule has 0 aromatic heterocycles. The first-order valence-electron chi connectivity index (χ1n) is 5.21. The van der Waals surface area contributed by atoms with E-state index >= 15 is 0 Å². The van der Waals surface area contributed by atoms with E-state index in [1.807, 2.05) is 31.2 Å². The van der Waals surface area contributed by atoms with E-state index in [0.717, 1.165) is 0 Å². The van der Waals surface area contributed by atoms with Crippen molar-refractivity contribution in [3.05, 3.63) is 41.7 Å². The Kier molecular flexibility index (Phi) is 4.58. The molecule has 1 aromatic rings. The van der Waals surface area contributed by atoms with Crippen molar-refractivity contribution in [3.8, 4) is 5.75 Å². The fourth-order valence-electron chi connectivity index (χ4n) is 1.17. The lowest BCUT2D eigenvalue weighted by Gasteiger charge is -2.05. The third kappa shape index (κ3) is 4.17. The molecule has 0 unspecified atom stereocenters. The summed E-state index contributed by atoms with van der Waals surface area (Å²) < 4.78 is 10.2. The van der Waals surface area contributed by atoms with Crippen LogP contribution in [-0.4, -0.2) is 12.6 Å². The summed E-state index contributed by atoms with van der Waals surface area (Å²) in [6.07, 6.45) is 1.34. The molecule has 0 aliphatic carbocycles. The molecule has 0 N–H and O–H groups in total. The Hall–Kier alpha value is -1.77. The van der Waals surface area contributed by atoms with E-state index in [-0.39, 0.29) is 5.97 Å². The van der Waals surface area contributed by atoms with Gasteiger partial charge in [0.2, 0.25) is 0 Å². The van der Waals surface area contributed by atoms with Crippen LogP contribution in [0.3, 0.4) is 0 Å². The fourth-order valence-corrected chi connectivity index (χ4v) is 1.17. The number of allylic oxidation sites excluding steroid dienone is 1. The first-order valence-corrected chi connectivity index (χ1v) is 5.21. The van der Waals surface area contributed by atoms with E-state index < -0.39 is 0 Å². The Morgan fingerprint density at radius 2 is 1.94 bits per heavy atom. The first kappa shape index (κ1) is 12.3. The largest absolute Gasteiger partial charge is 0.463 e. The fraction of sp³-hybridized carbons (Fsp3) is 0.308. The summed E-state index contributed by atoms with van der Waals surface area (Å²) in [5.74, 6) is 0.845. The van der Waals surface area contributed by atoms with Crippen molar-refractivity contribution < 1.29 is 14.3 Å². The third-order valence-electron chi connectivity index (χ3n) is 1.91. The van der Waals surface area contributed by atoms with E-state index in [0.29, 0.717) is 18.1 Å². The van der Waals surface area contributed by atoms with Crippen LogP contribution < -0.4 is 4.74 Å². The molecule has 0 atom stereocenters. The lowest BCUT2D eigenvalue weighted by atomic mass is 10.2. The number of hydrogen-bond donors (Lipinski definition) is 0. The van der Waals surface area contributed by atoms with E-state index in [4.69, 9.17) is 9.47 Å². The van der Waals surface area contributed by atoms with Gasteiger partial charge >= 0.3 is 5.97 Å². The van der Waals surface area contributed by atoms with Crippen LogP contribution in [-0.2, 0) is 9.53 Å². The molecular formula is C13H16O3. The lowest BCUT2D eigenvalue weighted by Crippen LogP contribution is -2.02. The molecule has 0 aliphatic heterocycles. The minimum Gasteiger partial charge on any atom is -0.463 e. The van der Waals surface area contributed by atoms with Crippen molar-refractivity contribution in [2.75, 3.05) is 6.61 Å². The molecule has 3 heteroatoms. The number of carbonyl (C=O) groups is 1. The molecule has 3 nitrogen and oxygen atoms in total. The van der Waals surface area contributed by atoms with Gasteiger partial charge in [0.05, 0.1) is 12.7 Å². The van der Waals surface area contributed by atoms with Crippen molar-refractivity contribution in [2.45, 2.75) is 20.8 Å². The van der Waals surface area contributed by atoms with Crippen molar-refractivity contribution >= 4 is 5.97 Å². The van der Waals surface area contributed by atoms with Gasteiger partial charge in [0.25, 0.3) is 0 Å². The van der Waals surface area contributed by atoms with Gasteiger partial charge in [-0.05, 0) is 32.9 Å². The minimum absolute atomic E-state index is 0.368. The Bertz CT molecular complexity index is 377. The topological polar surface area (TPSA) is 35.5 Å². The number of esters is 1. The van der Waals surface area contributed by atoms with Crippen molar-refractivity contribution in [2.24, 2.45) is 0 Å². The number of carbonyl (C=O) groups excluding carboxylic acids is 1. The summed E-state index contributed by atoms with van der Waals surface area (Å²) in [5.41, 5.74) is 1.17. The minimum atomic E-state index is -0.382. The molecule has 0 heterocycles. The maximum absolute atomic E-state index is 11.1. The highest BCUT2D eigenvalue weighted by molar-refractivity contribution is 5.82. The monoisotopic (exact) mass is 220 g/mol. The Morgan fingerprint density at radius 1 is 1.31 bits per heavy atom. The van der Waals surface area contributed by atoms with Gasteiger partial charge < -0.3 is 9.47 Å². The van der Waals surface area contributed by atoms with Gasteiger partial charge in [-0.2, -0.15) is 0 Å². The van der Waals surface area contributed by atoms with E-state index in [2.05, 4.69) is 0 Å². The van der Waals surface area contributed by atoms with Crippen LogP contribution >= 0.6 is 0 Å². The summed E-state index contributed by atoms with van der Waals surface area (Å²) in [5, 5.41) is 0. The average molecular weight is 220 g/mol. The maximum Gasteiger partial charge on any atom is 0.334 e. The van der Waals surface area contributed by atoms with E-state index in [1.54, 1.807) is 13.8 Å². The molecule has 0 amide bonds. The summed E-state index contributed by atoms with van der Waals surface area (Å²) in [6.45, 7) is 5.86. The van der Waals surface area contributed by atoms with Crippen LogP contribution in [0.25, 0.3) is 0 Å². The third-order valence-corrected chi connectivity index (χ3v) is 1.91. The van der Waals surface area contributed by atoms with Crippen LogP contribution in [0.15, 0.2) is 36.1 Å². The molecule has 0 aliphatic rings. The zero-order valence-electron chi connectivity index (χ0n) is 9.82. The standard InChI is InChI=1S/C13H16O3/c1-4-15-13(14)9-11(3)16-12-7-5-10(2)6-8-12/h5-9H,4H2,1-3H3/b11-9+. The second kappa shape index (κ2) is 5.95. The molecule has 0 radical (unpaired) electrons. The Labute approximate surface area is 95.7 Å². The first-order chi connectivity index (χ1) is 7.61. The summed E-state index contributed by atoms with van der Waals surface area (Å²) in [6, 6.07) is 7.62. The van der Waals surface area contributed by atoms with E-state index in [1.165, 1.54) is 11.6 Å². The smallest absolute Gasteiger partial charge is 0.334 e. The van der Waals surface area contributed by atoms with Crippen LogP contribution in [0.5, 0.6) is 5.75 Å². The molecule has 0 saturated carbocycles. The van der Waals surface area contributed by atoms with Crippen LogP contribution in [0.1, 0.15) is 19.4 Å². The molecule has 16 heavy (non-hydrogen) atoms. The Morgan fingerprint density at radius 3 is 2.50 bits per heavy atom. The molecule has 0 bridgehead atoms. The van der Waals surface area contributed by atoms with E-state index in [9.17, 15) is 4.79 Å². The van der Waals surface area contributed by atoms with Crippen LogP contribution in [0.4, 0.5) is 0 Å². The molecule has 1 aromatic carbocycles.